The number of urea groups is 1. The molecule has 116 valence electrons. The molecule has 2 unspecified atom stereocenters. The van der Waals surface area contributed by atoms with E-state index in [1.54, 1.807) is 4.90 Å². The predicted octanol–water partition coefficient (Wildman–Crippen LogP) is 1.70. The molecule has 2 atom stereocenters. The third-order valence-corrected chi connectivity index (χ3v) is 3.71. The van der Waals surface area contributed by atoms with E-state index in [4.69, 9.17) is 9.84 Å². The molecular formula is C14H26N2O4. The topological polar surface area (TPSA) is 78.9 Å². The van der Waals surface area contributed by atoms with Crippen LogP contribution in [-0.2, 0) is 9.53 Å². The van der Waals surface area contributed by atoms with Gasteiger partial charge in [0.15, 0.2) is 0 Å². The van der Waals surface area contributed by atoms with Crippen LogP contribution in [-0.4, -0.2) is 53.8 Å². The highest BCUT2D eigenvalue weighted by Crippen LogP contribution is 2.22. The Morgan fingerprint density at radius 1 is 1.45 bits per heavy atom. The van der Waals surface area contributed by atoms with Crippen LogP contribution < -0.4 is 5.32 Å². The van der Waals surface area contributed by atoms with Gasteiger partial charge in [0, 0.05) is 31.7 Å². The molecule has 1 aliphatic rings. The molecule has 2 amide bonds. The molecule has 0 aliphatic carbocycles. The van der Waals surface area contributed by atoms with Gasteiger partial charge in [0.25, 0.3) is 0 Å². The molecule has 0 saturated carbocycles. The van der Waals surface area contributed by atoms with Crippen molar-refractivity contribution >= 4 is 12.0 Å². The zero-order valence-corrected chi connectivity index (χ0v) is 12.6. The Morgan fingerprint density at radius 2 is 2.15 bits per heavy atom. The van der Waals surface area contributed by atoms with Crippen molar-refractivity contribution in [2.45, 2.75) is 52.2 Å². The first-order chi connectivity index (χ1) is 9.45. The van der Waals surface area contributed by atoms with E-state index in [2.05, 4.69) is 12.2 Å². The summed E-state index contributed by atoms with van der Waals surface area (Å²) in [6.45, 7) is 7.43. The minimum absolute atomic E-state index is 0.0175. The third-order valence-electron chi connectivity index (χ3n) is 3.71. The van der Waals surface area contributed by atoms with E-state index in [1.165, 1.54) is 0 Å². The van der Waals surface area contributed by atoms with Crippen molar-refractivity contribution in [2.24, 2.45) is 5.92 Å². The molecule has 2 N–H and O–H groups in total. The van der Waals surface area contributed by atoms with Crippen LogP contribution >= 0.6 is 0 Å². The molecule has 1 saturated heterocycles. The number of carbonyl (C=O) groups excluding carboxylic acids is 1. The normalized spacial score (nSPS) is 22.0. The van der Waals surface area contributed by atoms with Crippen molar-refractivity contribution in [3.63, 3.8) is 0 Å². The minimum Gasteiger partial charge on any atom is -0.481 e. The van der Waals surface area contributed by atoms with Gasteiger partial charge in [-0.05, 0) is 26.7 Å². The standard InChI is InChI=1S/C14H26N2O4/c1-4-12-11(6-8-20-12)9-15-14(19)16(10(2)3)7-5-13(17)18/h10-12H,4-9H2,1-3H3,(H,15,19)(H,17,18). The summed E-state index contributed by atoms with van der Waals surface area (Å²) in [6.07, 6.45) is 2.11. The largest absolute Gasteiger partial charge is 0.481 e. The van der Waals surface area contributed by atoms with E-state index >= 15 is 0 Å². The van der Waals surface area contributed by atoms with Crippen molar-refractivity contribution in [1.29, 1.82) is 0 Å². The second-order valence-corrected chi connectivity index (χ2v) is 5.48. The quantitative estimate of drug-likeness (QED) is 0.746. The van der Waals surface area contributed by atoms with E-state index in [0.717, 1.165) is 19.4 Å². The highest BCUT2D eigenvalue weighted by molar-refractivity contribution is 5.75. The smallest absolute Gasteiger partial charge is 0.317 e. The highest BCUT2D eigenvalue weighted by Gasteiger charge is 2.27. The Hall–Kier alpha value is -1.30. The molecule has 0 radical (unpaired) electrons. The molecule has 1 aliphatic heterocycles. The van der Waals surface area contributed by atoms with Gasteiger partial charge in [-0.3, -0.25) is 4.79 Å². The van der Waals surface area contributed by atoms with E-state index in [0.29, 0.717) is 12.5 Å². The summed E-state index contributed by atoms with van der Waals surface area (Å²) in [4.78, 5) is 24.3. The Bertz CT molecular complexity index is 333. The highest BCUT2D eigenvalue weighted by atomic mass is 16.5. The molecule has 6 heteroatoms. The molecule has 0 spiro atoms. The van der Waals surface area contributed by atoms with Gasteiger partial charge in [0.2, 0.25) is 0 Å². The van der Waals surface area contributed by atoms with E-state index < -0.39 is 5.97 Å². The van der Waals surface area contributed by atoms with Crippen LogP contribution in [0.15, 0.2) is 0 Å². The molecule has 0 bridgehead atoms. The fourth-order valence-electron chi connectivity index (χ4n) is 2.51. The second kappa shape index (κ2) is 8.09. The number of nitrogens with zero attached hydrogens (tertiary/aromatic N) is 1. The zero-order chi connectivity index (χ0) is 15.1. The summed E-state index contributed by atoms with van der Waals surface area (Å²) in [5, 5.41) is 11.6. The van der Waals surface area contributed by atoms with Crippen molar-refractivity contribution in [1.82, 2.24) is 10.2 Å². The number of nitrogens with one attached hydrogen (secondary N) is 1. The van der Waals surface area contributed by atoms with Gasteiger partial charge in [-0.25, -0.2) is 4.79 Å². The number of carboxylic acid groups (broad SMARTS) is 1. The number of rotatable bonds is 7. The molecule has 20 heavy (non-hydrogen) atoms. The maximum Gasteiger partial charge on any atom is 0.317 e. The first-order valence-corrected chi connectivity index (χ1v) is 7.33. The Morgan fingerprint density at radius 3 is 2.70 bits per heavy atom. The molecule has 1 heterocycles. The lowest BCUT2D eigenvalue weighted by Gasteiger charge is -2.27. The summed E-state index contributed by atoms with van der Waals surface area (Å²) in [6, 6.07) is -0.209. The van der Waals surface area contributed by atoms with Crippen LogP contribution in [0.1, 0.15) is 40.0 Å². The van der Waals surface area contributed by atoms with Crippen LogP contribution in [0.2, 0.25) is 0 Å². The summed E-state index contributed by atoms with van der Waals surface area (Å²) < 4.78 is 5.59. The lowest BCUT2D eigenvalue weighted by Crippen LogP contribution is -2.46. The summed E-state index contributed by atoms with van der Waals surface area (Å²) in [5.41, 5.74) is 0. The first kappa shape index (κ1) is 16.8. The second-order valence-electron chi connectivity index (χ2n) is 5.48. The van der Waals surface area contributed by atoms with Crippen molar-refractivity contribution in [3.8, 4) is 0 Å². The van der Waals surface area contributed by atoms with Gasteiger partial charge >= 0.3 is 12.0 Å². The Balaban J connectivity index is 2.43. The Labute approximate surface area is 120 Å². The monoisotopic (exact) mass is 286 g/mol. The average molecular weight is 286 g/mol. The van der Waals surface area contributed by atoms with Crippen LogP contribution in [0.25, 0.3) is 0 Å². The number of carboxylic acids is 1. The van der Waals surface area contributed by atoms with Crippen LogP contribution in [0.5, 0.6) is 0 Å². The summed E-state index contributed by atoms with van der Waals surface area (Å²) >= 11 is 0. The number of carbonyl (C=O) groups is 2. The maximum absolute atomic E-state index is 12.1. The Kier molecular flexibility index (Phi) is 6.78. The predicted molar refractivity (Wildman–Crippen MR) is 75.6 cm³/mol. The van der Waals surface area contributed by atoms with Crippen LogP contribution in [0, 0.1) is 5.92 Å². The third kappa shape index (κ3) is 5.00. The fourth-order valence-corrected chi connectivity index (χ4v) is 2.51. The molecular weight excluding hydrogens is 260 g/mol. The van der Waals surface area contributed by atoms with Crippen LogP contribution in [0.3, 0.4) is 0 Å². The van der Waals surface area contributed by atoms with E-state index in [9.17, 15) is 9.59 Å². The number of hydrogen-bond acceptors (Lipinski definition) is 3. The number of ether oxygens (including phenoxy) is 1. The lowest BCUT2D eigenvalue weighted by atomic mass is 10.00. The molecule has 0 aromatic carbocycles. The minimum atomic E-state index is -0.890. The maximum atomic E-state index is 12.1. The zero-order valence-electron chi connectivity index (χ0n) is 12.6. The van der Waals surface area contributed by atoms with Gasteiger partial charge in [-0.1, -0.05) is 6.92 Å². The lowest BCUT2D eigenvalue weighted by molar-refractivity contribution is -0.137. The van der Waals surface area contributed by atoms with E-state index in [1.807, 2.05) is 13.8 Å². The van der Waals surface area contributed by atoms with Gasteiger partial charge in [-0.2, -0.15) is 0 Å². The molecule has 0 aromatic rings. The molecule has 0 aromatic heterocycles. The van der Waals surface area contributed by atoms with Crippen molar-refractivity contribution in [3.05, 3.63) is 0 Å². The van der Waals surface area contributed by atoms with E-state index in [-0.39, 0.29) is 31.1 Å². The molecule has 6 nitrogen and oxygen atoms in total. The number of aliphatic carboxylic acids is 1. The average Bonchev–Trinajstić information content (AvgIpc) is 2.83. The number of amides is 2. The fraction of sp³-hybridized carbons (Fsp3) is 0.857. The molecule has 1 fully saturated rings. The van der Waals surface area contributed by atoms with Crippen molar-refractivity contribution in [2.75, 3.05) is 19.7 Å². The van der Waals surface area contributed by atoms with Gasteiger partial charge in [0.1, 0.15) is 0 Å². The van der Waals surface area contributed by atoms with Gasteiger partial charge in [0.05, 0.1) is 12.5 Å². The summed E-state index contributed by atoms with van der Waals surface area (Å²) in [7, 11) is 0. The first-order valence-electron chi connectivity index (χ1n) is 7.33. The molecule has 1 rings (SSSR count). The number of hydrogen-bond donors (Lipinski definition) is 2. The summed E-state index contributed by atoms with van der Waals surface area (Å²) in [5.74, 6) is -0.531. The van der Waals surface area contributed by atoms with Gasteiger partial charge in [-0.15, -0.1) is 0 Å². The SMILES string of the molecule is CCC1OCCC1CNC(=O)N(CCC(=O)O)C(C)C. The van der Waals surface area contributed by atoms with Gasteiger partial charge < -0.3 is 20.1 Å². The van der Waals surface area contributed by atoms with Crippen LogP contribution in [0.4, 0.5) is 4.79 Å². The van der Waals surface area contributed by atoms with Crippen molar-refractivity contribution < 1.29 is 19.4 Å².